The van der Waals surface area contributed by atoms with Gasteiger partial charge in [0.2, 0.25) is 5.12 Å². The van der Waals surface area contributed by atoms with E-state index in [-0.39, 0.29) is 12.6 Å². The summed E-state index contributed by atoms with van der Waals surface area (Å²) in [6.45, 7) is 0.958. The molecule has 1 fully saturated rings. The molecule has 14 heavy (non-hydrogen) atoms. The Bertz CT molecular complexity index is 314. The van der Waals surface area contributed by atoms with Crippen LogP contribution in [0.4, 0.5) is 0 Å². The van der Waals surface area contributed by atoms with E-state index < -0.39 is 0 Å². The Morgan fingerprint density at radius 2 is 2.57 bits per heavy atom. The zero-order valence-corrected chi connectivity index (χ0v) is 8.59. The fraction of sp³-hybridized carbons (Fsp3) is 0.400. The van der Waals surface area contributed by atoms with Crippen LogP contribution in [0, 0.1) is 0 Å². The Morgan fingerprint density at radius 1 is 1.64 bits per heavy atom. The molecule has 2 rings (SSSR count). The Hall–Kier alpha value is -0.870. The zero-order chi connectivity index (χ0) is 9.80. The van der Waals surface area contributed by atoms with Gasteiger partial charge in [-0.3, -0.25) is 4.79 Å². The molecule has 2 heterocycles. The van der Waals surface area contributed by atoms with Crippen molar-refractivity contribution in [3.63, 3.8) is 0 Å². The molecule has 4 heteroatoms. The summed E-state index contributed by atoms with van der Waals surface area (Å²) >= 11 is 1.23. The smallest absolute Gasteiger partial charge is 0.212 e. The molecule has 0 radical (unpaired) electrons. The van der Waals surface area contributed by atoms with Gasteiger partial charge in [0.15, 0.2) is 0 Å². The molecular weight excluding hydrogens is 196 g/mol. The van der Waals surface area contributed by atoms with Crippen LogP contribution in [0.3, 0.4) is 0 Å². The highest BCUT2D eigenvalue weighted by atomic mass is 32.2. The van der Waals surface area contributed by atoms with Gasteiger partial charge >= 0.3 is 0 Å². The van der Waals surface area contributed by atoms with Crippen LogP contribution in [0.2, 0.25) is 0 Å². The van der Waals surface area contributed by atoms with E-state index in [0.29, 0.717) is 0 Å². The molecule has 0 aromatic carbocycles. The van der Waals surface area contributed by atoms with Crippen molar-refractivity contribution in [1.82, 2.24) is 10.3 Å². The first kappa shape index (κ1) is 9.68. The largest absolute Gasteiger partial charge is 0.307 e. The van der Waals surface area contributed by atoms with Crippen LogP contribution in [0.15, 0.2) is 29.4 Å². The molecule has 0 saturated carbocycles. The Kier molecular flexibility index (Phi) is 3.16. The predicted molar refractivity (Wildman–Crippen MR) is 58.2 cm³/mol. The second-order valence-electron chi connectivity index (χ2n) is 3.24. The summed E-state index contributed by atoms with van der Waals surface area (Å²) in [4.78, 5) is 15.8. The van der Waals surface area contributed by atoms with Crippen LogP contribution < -0.4 is 5.32 Å². The van der Waals surface area contributed by atoms with Crippen molar-refractivity contribution in [3.05, 3.63) is 24.4 Å². The van der Waals surface area contributed by atoms with Gasteiger partial charge < -0.3 is 5.32 Å². The molecular formula is C10H14N2OS. The molecule has 0 spiro atoms. The number of rotatable bonds is 2. The van der Waals surface area contributed by atoms with Gasteiger partial charge in [-0.2, -0.15) is 0 Å². The molecule has 76 valence electrons. The van der Waals surface area contributed by atoms with Crippen LogP contribution in [0.25, 0.3) is 0 Å². The lowest BCUT2D eigenvalue weighted by molar-refractivity contribution is -0.112. The Labute approximate surface area is 88.8 Å². The molecule has 1 aliphatic heterocycles. The summed E-state index contributed by atoms with van der Waals surface area (Å²) in [5, 5.41) is 4.14. The van der Waals surface area contributed by atoms with Crippen LogP contribution in [-0.4, -0.2) is 22.7 Å². The van der Waals surface area contributed by atoms with Gasteiger partial charge in [0.05, 0.1) is 6.04 Å². The number of nitrogens with zero attached hydrogens (tertiary/aromatic N) is 1. The maximum absolute atomic E-state index is 11.7. The van der Waals surface area contributed by atoms with Crippen molar-refractivity contribution in [2.24, 2.45) is 0 Å². The summed E-state index contributed by atoms with van der Waals surface area (Å²) in [6.07, 6.45) is 3.76. The quantitative estimate of drug-likeness (QED) is 0.754. The van der Waals surface area contributed by atoms with Crippen molar-refractivity contribution in [1.29, 1.82) is 0 Å². The predicted octanol–water partition coefficient (Wildman–Crippen LogP) is 1.70. The lowest BCUT2D eigenvalue weighted by atomic mass is 10.2. The van der Waals surface area contributed by atoms with E-state index in [9.17, 15) is 4.79 Å². The maximum atomic E-state index is 11.7. The van der Waals surface area contributed by atoms with E-state index >= 15 is 0 Å². The third-order valence-corrected chi connectivity index (χ3v) is 3.12. The second kappa shape index (κ2) is 4.57. The van der Waals surface area contributed by atoms with Crippen molar-refractivity contribution in [2.45, 2.75) is 23.9 Å². The highest BCUT2D eigenvalue weighted by Crippen LogP contribution is 2.20. The van der Waals surface area contributed by atoms with Gasteiger partial charge in [0.1, 0.15) is 5.03 Å². The second-order valence-corrected chi connectivity index (χ2v) is 4.26. The van der Waals surface area contributed by atoms with Gasteiger partial charge in [-0.15, -0.1) is 0 Å². The van der Waals surface area contributed by atoms with E-state index in [2.05, 4.69) is 10.3 Å². The number of aromatic nitrogens is 1. The number of carbonyl (C=O) groups is 1. The first-order valence-corrected chi connectivity index (χ1v) is 5.54. The third-order valence-electron chi connectivity index (χ3n) is 2.19. The number of hydrogen-bond acceptors (Lipinski definition) is 4. The SMILES string of the molecule is O=C(Sc1ccccn1)[C@@H]1CCCN1.[HH]. The summed E-state index contributed by atoms with van der Waals surface area (Å²) in [5.74, 6) is 0. The number of pyridine rings is 1. The highest BCUT2D eigenvalue weighted by molar-refractivity contribution is 8.13. The average Bonchev–Trinajstić information content (AvgIpc) is 2.72. The molecule has 1 aliphatic rings. The summed E-state index contributed by atoms with van der Waals surface area (Å²) in [6, 6.07) is 5.63. The van der Waals surface area contributed by atoms with E-state index in [1.807, 2.05) is 18.2 Å². The van der Waals surface area contributed by atoms with Crippen LogP contribution in [0.5, 0.6) is 0 Å². The van der Waals surface area contributed by atoms with Crippen LogP contribution in [0.1, 0.15) is 14.3 Å². The topological polar surface area (TPSA) is 42.0 Å². The van der Waals surface area contributed by atoms with Gasteiger partial charge in [-0.1, -0.05) is 6.07 Å². The molecule has 0 amide bonds. The minimum Gasteiger partial charge on any atom is -0.307 e. The minimum absolute atomic E-state index is 0. The van der Waals surface area contributed by atoms with Crippen molar-refractivity contribution in [2.75, 3.05) is 6.54 Å². The highest BCUT2D eigenvalue weighted by Gasteiger charge is 2.22. The standard InChI is InChI=1S/C10H12N2OS.H2/c13-10(8-4-3-7-11-8)14-9-5-1-2-6-12-9;/h1-2,5-6,8,11H,3-4,7H2;1H/t8-;/m0./s1. The van der Waals surface area contributed by atoms with E-state index in [1.165, 1.54) is 11.8 Å². The van der Waals surface area contributed by atoms with Gasteiger partial charge in [-0.05, 0) is 43.3 Å². The molecule has 3 nitrogen and oxygen atoms in total. The number of nitrogens with one attached hydrogen (secondary N) is 1. The van der Waals surface area contributed by atoms with E-state index in [0.717, 1.165) is 24.4 Å². The average molecular weight is 210 g/mol. The van der Waals surface area contributed by atoms with E-state index in [1.54, 1.807) is 6.20 Å². The van der Waals surface area contributed by atoms with Crippen molar-refractivity contribution < 1.29 is 6.22 Å². The van der Waals surface area contributed by atoms with Gasteiger partial charge in [-0.25, -0.2) is 4.98 Å². The summed E-state index contributed by atoms with van der Waals surface area (Å²) in [7, 11) is 0. The summed E-state index contributed by atoms with van der Waals surface area (Å²) < 4.78 is 0. The van der Waals surface area contributed by atoms with Crippen LogP contribution >= 0.6 is 11.8 Å². The molecule has 1 saturated heterocycles. The number of hydrogen-bond donors (Lipinski definition) is 1. The lowest BCUT2D eigenvalue weighted by Gasteiger charge is -2.06. The zero-order valence-electron chi connectivity index (χ0n) is 7.77. The molecule has 1 aromatic rings. The molecule has 0 unspecified atom stereocenters. The minimum atomic E-state index is 0. The molecule has 1 atom stereocenters. The molecule has 0 bridgehead atoms. The Morgan fingerprint density at radius 3 is 3.21 bits per heavy atom. The monoisotopic (exact) mass is 210 g/mol. The fourth-order valence-corrected chi connectivity index (χ4v) is 2.28. The molecule has 1 aromatic heterocycles. The number of carbonyl (C=O) groups excluding carboxylic acids is 1. The maximum Gasteiger partial charge on any atom is 0.212 e. The first-order valence-electron chi connectivity index (χ1n) is 4.72. The van der Waals surface area contributed by atoms with Crippen molar-refractivity contribution >= 4 is 16.9 Å². The first-order chi connectivity index (χ1) is 6.86. The number of thioether (sulfide) groups is 1. The Balaban J connectivity index is 0.00000112. The summed E-state index contributed by atoms with van der Waals surface area (Å²) in [5.41, 5.74) is 0. The molecule has 1 N–H and O–H groups in total. The van der Waals surface area contributed by atoms with Gasteiger partial charge in [0, 0.05) is 7.62 Å². The van der Waals surface area contributed by atoms with E-state index in [4.69, 9.17) is 0 Å². The van der Waals surface area contributed by atoms with Gasteiger partial charge in [0.25, 0.3) is 0 Å². The third kappa shape index (κ3) is 2.33. The lowest BCUT2D eigenvalue weighted by Crippen LogP contribution is -2.28. The fourth-order valence-electron chi connectivity index (χ4n) is 1.47. The van der Waals surface area contributed by atoms with Crippen molar-refractivity contribution in [3.8, 4) is 0 Å². The normalized spacial score (nSPS) is 21.0. The molecule has 0 aliphatic carbocycles. The van der Waals surface area contributed by atoms with Crippen LogP contribution in [-0.2, 0) is 4.79 Å².